The summed E-state index contributed by atoms with van der Waals surface area (Å²) in [6, 6.07) is 12.4. The minimum absolute atomic E-state index is 0.714. The summed E-state index contributed by atoms with van der Waals surface area (Å²) in [7, 11) is 0. The maximum absolute atomic E-state index is 3.76. The van der Waals surface area contributed by atoms with E-state index in [2.05, 4.69) is 41.0 Å². The molecule has 0 aliphatic heterocycles. The van der Waals surface area contributed by atoms with Crippen molar-refractivity contribution in [3.63, 3.8) is 0 Å². The van der Waals surface area contributed by atoms with Crippen LogP contribution in [0.2, 0.25) is 0 Å². The molecule has 0 unspecified atom stereocenters. The van der Waals surface area contributed by atoms with Gasteiger partial charge in [0.2, 0.25) is 0 Å². The Morgan fingerprint density at radius 3 is 2.24 bits per heavy atom. The Labute approximate surface area is 129 Å². The predicted octanol–water partition coefficient (Wildman–Crippen LogP) is 3.83. The molecular formula is C19H30N2. The van der Waals surface area contributed by atoms with Gasteiger partial charge in [-0.1, -0.05) is 62.4 Å². The van der Waals surface area contributed by atoms with Crippen LogP contribution in [0, 0.1) is 0 Å². The van der Waals surface area contributed by atoms with Gasteiger partial charge in [0.15, 0.2) is 0 Å². The van der Waals surface area contributed by atoms with Crippen molar-refractivity contribution < 1.29 is 0 Å². The number of benzene rings is 1. The molecule has 0 spiro atoms. The van der Waals surface area contributed by atoms with E-state index in [1.165, 1.54) is 56.9 Å². The van der Waals surface area contributed by atoms with Crippen LogP contribution in [0.3, 0.4) is 0 Å². The van der Waals surface area contributed by atoms with Crippen molar-refractivity contribution in [1.29, 1.82) is 0 Å². The second-order valence-electron chi connectivity index (χ2n) is 6.81. The van der Waals surface area contributed by atoms with Crippen molar-refractivity contribution in [2.45, 2.75) is 69.4 Å². The quantitative estimate of drug-likeness (QED) is 0.777. The van der Waals surface area contributed by atoms with E-state index in [9.17, 15) is 0 Å². The molecule has 0 aromatic heterocycles. The van der Waals surface area contributed by atoms with Crippen molar-refractivity contribution in [3.8, 4) is 0 Å². The van der Waals surface area contributed by atoms with Gasteiger partial charge in [-0.3, -0.25) is 0 Å². The first-order chi connectivity index (χ1) is 10.4. The normalized spacial score (nSPS) is 27.0. The van der Waals surface area contributed by atoms with Crippen molar-refractivity contribution in [3.05, 3.63) is 35.9 Å². The highest BCUT2D eigenvalue weighted by Crippen LogP contribution is 2.40. The number of rotatable bonds is 6. The van der Waals surface area contributed by atoms with Crippen LogP contribution in [0.1, 0.15) is 62.8 Å². The van der Waals surface area contributed by atoms with Gasteiger partial charge in [-0.2, -0.15) is 0 Å². The first-order valence-corrected chi connectivity index (χ1v) is 8.95. The zero-order valence-electron chi connectivity index (χ0n) is 13.2. The number of hydrogen-bond donors (Lipinski definition) is 2. The van der Waals surface area contributed by atoms with E-state index in [0.717, 1.165) is 25.0 Å². The van der Waals surface area contributed by atoms with Crippen LogP contribution in [0.25, 0.3) is 0 Å². The Balaban J connectivity index is 1.29. The van der Waals surface area contributed by atoms with Crippen molar-refractivity contribution in [2.75, 3.05) is 13.1 Å². The first-order valence-electron chi connectivity index (χ1n) is 8.95. The van der Waals surface area contributed by atoms with E-state index in [-0.39, 0.29) is 0 Å². The van der Waals surface area contributed by atoms with Gasteiger partial charge in [-0.15, -0.1) is 0 Å². The summed E-state index contributed by atoms with van der Waals surface area (Å²) in [5, 5.41) is 7.47. The second-order valence-corrected chi connectivity index (χ2v) is 6.81. The van der Waals surface area contributed by atoms with Crippen LogP contribution < -0.4 is 10.6 Å². The molecule has 2 heteroatoms. The summed E-state index contributed by atoms with van der Waals surface area (Å²) in [6.07, 6.45) is 11.3. The fraction of sp³-hybridized carbons (Fsp3) is 0.684. The summed E-state index contributed by atoms with van der Waals surface area (Å²) in [4.78, 5) is 0. The van der Waals surface area contributed by atoms with Crippen LogP contribution in [0.4, 0.5) is 0 Å². The molecule has 2 atom stereocenters. The molecule has 3 rings (SSSR count). The lowest BCUT2D eigenvalue weighted by Crippen LogP contribution is -2.36. The van der Waals surface area contributed by atoms with Gasteiger partial charge in [-0.25, -0.2) is 0 Å². The SMILES string of the molecule is c1ccc([C@H]2C[C@@H]2NCCNC2CCCCCCC2)cc1. The molecule has 2 fully saturated rings. The van der Waals surface area contributed by atoms with Crippen LogP contribution >= 0.6 is 0 Å². The molecule has 21 heavy (non-hydrogen) atoms. The van der Waals surface area contributed by atoms with Crippen LogP contribution in [0.15, 0.2) is 30.3 Å². The van der Waals surface area contributed by atoms with Crippen LogP contribution in [-0.4, -0.2) is 25.2 Å². The highest BCUT2D eigenvalue weighted by atomic mass is 15.0. The van der Waals surface area contributed by atoms with E-state index < -0.39 is 0 Å². The van der Waals surface area contributed by atoms with Crippen LogP contribution in [0.5, 0.6) is 0 Å². The highest BCUT2D eigenvalue weighted by molar-refractivity contribution is 5.27. The van der Waals surface area contributed by atoms with E-state index in [4.69, 9.17) is 0 Å². The Kier molecular flexibility index (Phi) is 5.70. The second kappa shape index (κ2) is 7.95. The van der Waals surface area contributed by atoms with Gasteiger partial charge in [0.25, 0.3) is 0 Å². The van der Waals surface area contributed by atoms with Crippen molar-refractivity contribution in [2.24, 2.45) is 0 Å². The summed E-state index contributed by atoms with van der Waals surface area (Å²) < 4.78 is 0. The standard InChI is InChI=1S/C19H30N2/c1-2-7-11-17(12-8-3-1)20-13-14-21-19-15-18(19)16-9-5-4-6-10-16/h4-6,9-10,17-21H,1-3,7-8,11-15H2/t18-,19+/m1/s1. The van der Waals surface area contributed by atoms with Crippen molar-refractivity contribution in [1.82, 2.24) is 10.6 Å². The van der Waals surface area contributed by atoms with Gasteiger partial charge in [0.05, 0.1) is 0 Å². The third-order valence-electron chi connectivity index (χ3n) is 5.09. The molecule has 1 aromatic rings. The molecule has 2 aliphatic rings. The zero-order chi connectivity index (χ0) is 14.3. The largest absolute Gasteiger partial charge is 0.313 e. The lowest BCUT2D eigenvalue weighted by Gasteiger charge is -2.21. The monoisotopic (exact) mass is 286 g/mol. The number of nitrogens with one attached hydrogen (secondary N) is 2. The average molecular weight is 286 g/mol. The van der Waals surface area contributed by atoms with E-state index in [0.29, 0.717) is 6.04 Å². The number of hydrogen-bond acceptors (Lipinski definition) is 2. The maximum atomic E-state index is 3.76. The molecule has 2 aliphatic carbocycles. The minimum Gasteiger partial charge on any atom is -0.313 e. The van der Waals surface area contributed by atoms with Gasteiger partial charge in [0.1, 0.15) is 0 Å². The van der Waals surface area contributed by atoms with E-state index >= 15 is 0 Å². The zero-order valence-corrected chi connectivity index (χ0v) is 13.2. The summed E-state index contributed by atoms with van der Waals surface area (Å²) in [6.45, 7) is 2.24. The Bertz CT molecular complexity index is 395. The molecule has 0 radical (unpaired) electrons. The molecule has 0 amide bonds. The molecule has 0 saturated heterocycles. The maximum Gasteiger partial charge on any atom is 0.0143 e. The summed E-state index contributed by atoms with van der Waals surface area (Å²) in [5.41, 5.74) is 1.50. The third-order valence-corrected chi connectivity index (χ3v) is 5.09. The minimum atomic E-state index is 0.714. The Morgan fingerprint density at radius 2 is 1.48 bits per heavy atom. The van der Waals surface area contributed by atoms with Crippen molar-refractivity contribution >= 4 is 0 Å². The lowest BCUT2D eigenvalue weighted by atomic mass is 9.97. The molecule has 0 heterocycles. The van der Waals surface area contributed by atoms with Gasteiger partial charge < -0.3 is 10.6 Å². The Morgan fingerprint density at radius 1 is 0.810 bits per heavy atom. The summed E-state index contributed by atoms with van der Waals surface area (Å²) >= 11 is 0. The molecule has 0 bridgehead atoms. The molecule has 2 N–H and O–H groups in total. The smallest absolute Gasteiger partial charge is 0.0143 e. The first kappa shape index (κ1) is 15.1. The molecular weight excluding hydrogens is 256 g/mol. The van der Waals surface area contributed by atoms with Gasteiger partial charge in [0, 0.05) is 31.1 Å². The predicted molar refractivity (Wildman–Crippen MR) is 89.7 cm³/mol. The van der Waals surface area contributed by atoms with Crippen LogP contribution in [-0.2, 0) is 0 Å². The highest BCUT2D eigenvalue weighted by Gasteiger charge is 2.37. The molecule has 1 aromatic carbocycles. The Hall–Kier alpha value is -0.860. The third kappa shape index (κ3) is 4.82. The van der Waals surface area contributed by atoms with E-state index in [1.807, 2.05) is 0 Å². The molecule has 2 nitrogen and oxygen atoms in total. The van der Waals surface area contributed by atoms with Gasteiger partial charge >= 0.3 is 0 Å². The average Bonchev–Trinajstić information content (AvgIpc) is 3.26. The topological polar surface area (TPSA) is 24.1 Å². The summed E-state index contributed by atoms with van der Waals surface area (Å²) in [5.74, 6) is 0.757. The molecule has 2 saturated carbocycles. The fourth-order valence-corrected chi connectivity index (χ4v) is 3.68. The molecule has 116 valence electrons. The van der Waals surface area contributed by atoms with Gasteiger partial charge in [-0.05, 0) is 24.8 Å². The van der Waals surface area contributed by atoms with E-state index in [1.54, 1.807) is 0 Å². The lowest BCUT2D eigenvalue weighted by molar-refractivity contribution is 0.388. The fourth-order valence-electron chi connectivity index (χ4n) is 3.68.